The van der Waals surface area contributed by atoms with Crippen molar-refractivity contribution in [2.24, 2.45) is 0 Å². The average Bonchev–Trinajstić information content (AvgIpc) is 3.18. The van der Waals surface area contributed by atoms with E-state index >= 15 is 0 Å². The van der Waals surface area contributed by atoms with Crippen LogP contribution in [0.4, 0.5) is 11.4 Å². The summed E-state index contributed by atoms with van der Waals surface area (Å²) < 4.78 is 16.0. The number of anilines is 2. The molecule has 1 saturated heterocycles. The maximum absolute atomic E-state index is 13.0. The Kier molecular flexibility index (Phi) is 7.83. The third-order valence-electron chi connectivity index (χ3n) is 5.80. The Hall–Kier alpha value is -4.24. The molecular weight excluding hydrogens is 492 g/mol. The summed E-state index contributed by atoms with van der Waals surface area (Å²) in [5.74, 6) is 0.707. The topological polar surface area (TPSA) is 108 Å². The molecule has 3 aromatic carbocycles. The highest BCUT2D eigenvalue weighted by Crippen LogP contribution is 2.36. The molecule has 1 unspecified atom stereocenters. The van der Waals surface area contributed by atoms with E-state index in [0.29, 0.717) is 39.8 Å². The van der Waals surface area contributed by atoms with E-state index in [2.05, 4.69) is 0 Å². The van der Waals surface area contributed by atoms with Crippen molar-refractivity contribution >= 4 is 46.8 Å². The fourth-order valence-corrected chi connectivity index (χ4v) is 5.06. The van der Waals surface area contributed by atoms with Gasteiger partial charge in [-0.3, -0.25) is 14.4 Å². The van der Waals surface area contributed by atoms with Crippen molar-refractivity contribution in [3.8, 4) is 17.2 Å². The second-order valence-electron chi connectivity index (χ2n) is 8.14. The maximum Gasteiger partial charge on any atom is 0.247 e. The van der Waals surface area contributed by atoms with Crippen LogP contribution < -0.4 is 24.8 Å². The number of nitrogens with two attached hydrogens (primary N) is 1. The normalized spacial score (nSPS) is 15.3. The number of ketones is 1. The van der Waals surface area contributed by atoms with E-state index in [0.717, 1.165) is 4.90 Å². The Labute approximate surface area is 219 Å². The Balaban J connectivity index is 1.48. The zero-order valence-electron chi connectivity index (χ0n) is 20.6. The quantitative estimate of drug-likeness (QED) is 0.189. The number of thioether (sulfide) groups is 1. The van der Waals surface area contributed by atoms with Crippen molar-refractivity contribution in [1.29, 1.82) is 0 Å². The van der Waals surface area contributed by atoms with Crippen LogP contribution in [0.1, 0.15) is 22.3 Å². The van der Waals surface area contributed by atoms with Crippen molar-refractivity contribution in [3.63, 3.8) is 0 Å². The lowest BCUT2D eigenvalue weighted by Gasteiger charge is -2.15. The van der Waals surface area contributed by atoms with Crippen molar-refractivity contribution in [3.05, 3.63) is 77.9 Å². The number of nitrogens with zero attached hydrogens (tertiary/aromatic N) is 1. The van der Waals surface area contributed by atoms with Crippen molar-refractivity contribution < 1.29 is 28.6 Å². The smallest absolute Gasteiger partial charge is 0.247 e. The molecule has 9 heteroatoms. The highest BCUT2D eigenvalue weighted by Gasteiger charge is 2.40. The molecule has 1 fully saturated rings. The number of ether oxygens (including phenoxy) is 3. The molecule has 0 spiro atoms. The number of amides is 2. The van der Waals surface area contributed by atoms with E-state index in [1.165, 1.54) is 44.1 Å². The molecule has 1 aliphatic heterocycles. The number of carbonyl (C=O) groups is 3. The number of imide groups is 1. The third-order valence-corrected chi connectivity index (χ3v) is 6.98. The molecule has 0 bridgehead atoms. The van der Waals surface area contributed by atoms with Gasteiger partial charge in [0.25, 0.3) is 0 Å². The first-order valence-corrected chi connectivity index (χ1v) is 12.2. The van der Waals surface area contributed by atoms with Crippen LogP contribution in [0.5, 0.6) is 17.2 Å². The predicted molar refractivity (Wildman–Crippen MR) is 144 cm³/mol. The number of hydrogen-bond donors (Lipinski definition) is 1. The summed E-state index contributed by atoms with van der Waals surface area (Å²) in [7, 11) is 4.58. The molecule has 190 valence electrons. The Morgan fingerprint density at radius 3 is 2.27 bits per heavy atom. The second-order valence-corrected chi connectivity index (χ2v) is 9.42. The lowest BCUT2D eigenvalue weighted by atomic mass is 10.1. The molecule has 0 aliphatic carbocycles. The Morgan fingerprint density at radius 2 is 1.62 bits per heavy atom. The summed E-state index contributed by atoms with van der Waals surface area (Å²) in [6.45, 7) is 0. The van der Waals surface area contributed by atoms with Crippen LogP contribution in [-0.2, 0) is 9.59 Å². The molecular formula is C28H26N2O6S. The molecule has 37 heavy (non-hydrogen) atoms. The minimum atomic E-state index is -0.532. The molecule has 8 nitrogen and oxygen atoms in total. The van der Waals surface area contributed by atoms with Gasteiger partial charge in [0.05, 0.1) is 32.3 Å². The molecule has 0 aromatic heterocycles. The number of hydrogen-bond acceptors (Lipinski definition) is 8. The van der Waals surface area contributed by atoms with Gasteiger partial charge >= 0.3 is 0 Å². The molecule has 1 aliphatic rings. The minimum absolute atomic E-state index is 0.0921. The van der Waals surface area contributed by atoms with Crippen molar-refractivity contribution in [2.45, 2.75) is 16.6 Å². The molecule has 3 aromatic rings. The van der Waals surface area contributed by atoms with Crippen molar-refractivity contribution in [1.82, 2.24) is 0 Å². The maximum atomic E-state index is 13.0. The fraction of sp³-hybridized carbons (Fsp3) is 0.179. The van der Waals surface area contributed by atoms with Crippen LogP contribution in [0.25, 0.3) is 6.08 Å². The molecule has 1 atom stereocenters. The highest BCUT2D eigenvalue weighted by molar-refractivity contribution is 8.00. The number of methoxy groups -OCH3 is 3. The molecule has 2 N–H and O–H groups in total. The van der Waals surface area contributed by atoms with E-state index in [1.54, 1.807) is 54.6 Å². The number of allylic oxidation sites excluding steroid dienone is 1. The van der Waals surface area contributed by atoms with E-state index < -0.39 is 5.25 Å². The Morgan fingerprint density at radius 1 is 0.946 bits per heavy atom. The van der Waals surface area contributed by atoms with Gasteiger partial charge in [0.15, 0.2) is 17.3 Å². The van der Waals surface area contributed by atoms with Gasteiger partial charge in [-0.05, 0) is 60.7 Å². The summed E-state index contributed by atoms with van der Waals surface area (Å²) in [4.78, 5) is 40.4. The van der Waals surface area contributed by atoms with Crippen LogP contribution in [0.2, 0.25) is 0 Å². The number of nitrogen functional groups attached to an aromatic ring is 1. The lowest BCUT2D eigenvalue weighted by Crippen LogP contribution is -2.31. The van der Waals surface area contributed by atoms with Crippen LogP contribution >= 0.6 is 11.8 Å². The van der Waals surface area contributed by atoms with Gasteiger partial charge in [0, 0.05) is 34.2 Å². The number of rotatable bonds is 9. The molecule has 0 saturated carbocycles. The van der Waals surface area contributed by atoms with E-state index in [9.17, 15) is 14.4 Å². The zero-order valence-corrected chi connectivity index (χ0v) is 21.4. The minimum Gasteiger partial charge on any atom is -0.496 e. The van der Waals surface area contributed by atoms with Gasteiger partial charge in [-0.1, -0.05) is 6.07 Å². The summed E-state index contributed by atoms with van der Waals surface area (Å²) in [5.41, 5.74) is 7.89. The van der Waals surface area contributed by atoms with Gasteiger partial charge in [0.1, 0.15) is 5.75 Å². The molecule has 4 rings (SSSR count). The number of carbonyl (C=O) groups excluding carboxylic acids is 3. The molecule has 0 radical (unpaired) electrons. The van der Waals surface area contributed by atoms with E-state index in [1.807, 2.05) is 12.1 Å². The van der Waals surface area contributed by atoms with Crippen LogP contribution in [-0.4, -0.2) is 44.2 Å². The van der Waals surface area contributed by atoms with Gasteiger partial charge in [-0.15, -0.1) is 11.8 Å². The molecule has 2 amide bonds. The van der Waals surface area contributed by atoms with E-state index in [4.69, 9.17) is 19.9 Å². The number of benzene rings is 3. The summed E-state index contributed by atoms with van der Waals surface area (Å²) >= 11 is 1.31. The average molecular weight is 519 g/mol. The van der Waals surface area contributed by atoms with Gasteiger partial charge < -0.3 is 19.9 Å². The molecule has 1 heterocycles. The first kappa shape index (κ1) is 25.8. The zero-order chi connectivity index (χ0) is 26.5. The van der Waals surface area contributed by atoms with Crippen molar-refractivity contribution in [2.75, 3.05) is 32.0 Å². The van der Waals surface area contributed by atoms with E-state index in [-0.39, 0.29) is 24.0 Å². The largest absolute Gasteiger partial charge is 0.496 e. The fourth-order valence-electron chi connectivity index (χ4n) is 3.94. The van der Waals surface area contributed by atoms with Crippen LogP contribution in [0, 0.1) is 0 Å². The monoisotopic (exact) mass is 518 g/mol. The predicted octanol–water partition coefficient (Wildman–Crippen LogP) is 4.61. The highest BCUT2D eigenvalue weighted by atomic mass is 32.2. The van der Waals surface area contributed by atoms with Gasteiger partial charge in [-0.2, -0.15) is 0 Å². The first-order valence-electron chi connectivity index (χ1n) is 11.4. The second kappa shape index (κ2) is 11.2. The van der Waals surface area contributed by atoms with Crippen LogP contribution in [0.3, 0.4) is 0 Å². The standard InChI is InChI=1S/C28H26N2O6S/c1-34-23-15-25(36-3)24(35-2)13-18(23)9-12-22(31)17-7-10-20(11-8-17)30-27(32)16-26(28(30)33)37-21-6-4-5-19(29)14-21/h4-15,26H,16,29H2,1-3H3/b12-9+. The van der Waals surface area contributed by atoms with Gasteiger partial charge in [0.2, 0.25) is 11.8 Å². The lowest BCUT2D eigenvalue weighted by molar-refractivity contribution is -0.121. The third kappa shape index (κ3) is 5.62. The van der Waals surface area contributed by atoms with Gasteiger partial charge in [-0.25, -0.2) is 4.90 Å². The summed E-state index contributed by atoms with van der Waals surface area (Å²) in [5, 5.41) is -0.532. The van der Waals surface area contributed by atoms with Crippen LogP contribution in [0.15, 0.2) is 71.6 Å². The SMILES string of the molecule is COc1cc(OC)c(OC)cc1/C=C/C(=O)c1ccc(N2C(=O)CC(Sc3cccc(N)c3)C2=O)cc1. The summed E-state index contributed by atoms with van der Waals surface area (Å²) in [6.07, 6.45) is 3.14. The Bertz CT molecular complexity index is 1370. The summed E-state index contributed by atoms with van der Waals surface area (Å²) in [6, 6.07) is 17.0. The first-order chi connectivity index (χ1) is 17.8.